The standard InChI is InChI=1S/C15H23NO3/c1-15(2)9-11(15)13(17)16-12(14(18)19)8-10-6-4-3-5-7-10/h8,10-11H,3-7,9H2,1-2H3,(H,16,17)(H,18,19)/b12-8-. The zero-order chi connectivity index (χ0) is 14.0. The van der Waals surface area contributed by atoms with E-state index < -0.39 is 5.97 Å². The molecule has 0 aliphatic heterocycles. The highest BCUT2D eigenvalue weighted by Crippen LogP contribution is 2.51. The lowest BCUT2D eigenvalue weighted by atomic mass is 9.88. The van der Waals surface area contributed by atoms with Crippen LogP contribution < -0.4 is 5.32 Å². The van der Waals surface area contributed by atoms with Gasteiger partial charge >= 0.3 is 5.97 Å². The molecule has 0 saturated heterocycles. The van der Waals surface area contributed by atoms with E-state index in [4.69, 9.17) is 0 Å². The smallest absolute Gasteiger partial charge is 0.352 e. The molecule has 0 radical (unpaired) electrons. The molecule has 0 bridgehead atoms. The third-order valence-corrected chi connectivity index (χ3v) is 4.37. The monoisotopic (exact) mass is 265 g/mol. The van der Waals surface area contributed by atoms with Gasteiger partial charge < -0.3 is 10.4 Å². The Kier molecular flexibility index (Phi) is 3.97. The van der Waals surface area contributed by atoms with E-state index in [1.807, 2.05) is 13.8 Å². The Labute approximate surface area is 114 Å². The molecule has 0 aromatic carbocycles. The van der Waals surface area contributed by atoms with Crippen LogP contribution in [-0.4, -0.2) is 17.0 Å². The number of hydrogen-bond donors (Lipinski definition) is 2. The quantitative estimate of drug-likeness (QED) is 0.768. The molecule has 0 spiro atoms. The normalized spacial score (nSPS) is 26.8. The zero-order valence-corrected chi connectivity index (χ0v) is 11.7. The molecule has 2 aliphatic carbocycles. The molecule has 0 aromatic heterocycles. The Hall–Kier alpha value is -1.32. The van der Waals surface area contributed by atoms with Crippen LogP contribution in [0.25, 0.3) is 0 Å². The van der Waals surface area contributed by atoms with Gasteiger partial charge in [-0.2, -0.15) is 0 Å². The minimum Gasteiger partial charge on any atom is -0.477 e. The first kappa shape index (κ1) is 14.1. The first-order valence-corrected chi connectivity index (χ1v) is 7.16. The zero-order valence-electron chi connectivity index (χ0n) is 11.7. The van der Waals surface area contributed by atoms with Gasteiger partial charge in [0.1, 0.15) is 5.70 Å². The van der Waals surface area contributed by atoms with E-state index in [0.29, 0.717) is 5.92 Å². The van der Waals surface area contributed by atoms with Crippen molar-refractivity contribution < 1.29 is 14.7 Å². The van der Waals surface area contributed by atoms with Crippen molar-refractivity contribution >= 4 is 11.9 Å². The molecule has 2 fully saturated rings. The van der Waals surface area contributed by atoms with Crippen molar-refractivity contribution in [3.05, 3.63) is 11.8 Å². The highest BCUT2D eigenvalue weighted by Gasteiger charge is 2.50. The fourth-order valence-electron chi connectivity index (χ4n) is 2.84. The van der Waals surface area contributed by atoms with E-state index in [0.717, 1.165) is 32.1 Å². The predicted octanol–water partition coefficient (Wildman–Crippen LogP) is 2.70. The summed E-state index contributed by atoms with van der Waals surface area (Å²) in [6.07, 6.45) is 8.18. The van der Waals surface area contributed by atoms with Crippen molar-refractivity contribution in [3.63, 3.8) is 0 Å². The van der Waals surface area contributed by atoms with Gasteiger partial charge in [0.25, 0.3) is 0 Å². The van der Waals surface area contributed by atoms with Crippen molar-refractivity contribution in [1.29, 1.82) is 0 Å². The van der Waals surface area contributed by atoms with Gasteiger partial charge in [-0.15, -0.1) is 0 Å². The van der Waals surface area contributed by atoms with Crippen molar-refractivity contribution in [1.82, 2.24) is 5.32 Å². The summed E-state index contributed by atoms with van der Waals surface area (Å²) in [6.45, 7) is 4.06. The number of hydrogen-bond acceptors (Lipinski definition) is 2. The number of carboxylic acid groups (broad SMARTS) is 1. The molecule has 0 heterocycles. The van der Waals surface area contributed by atoms with Crippen LogP contribution >= 0.6 is 0 Å². The van der Waals surface area contributed by atoms with Gasteiger partial charge in [-0.3, -0.25) is 4.79 Å². The number of carboxylic acids is 1. The SMILES string of the molecule is CC1(C)CC1C(=O)N/C(=C\C1CCCCC1)C(=O)O. The summed E-state index contributed by atoms with van der Waals surface area (Å²) in [5, 5.41) is 11.8. The number of amides is 1. The molecule has 2 N–H and O–H groups in total. The molecule has 0 aromatic rings. The lowest BCUT2D eigenvalue weighted by molar-refractivity contribution is -0.135. The maximum Gasteiger partial charge on any atom is 0.352 e. The molecule has 4 heteroatoms. The summed E-state index contributed by atoms with van der Waals surface area (Å²) in [5.41, 5.74) is 0.0954. The van der Waals surface area contributed by atoms with E-state index in [2.05, 4.69) is 5.32 Å². The molecular weight excluding hydrogens is 242 g/mol. The van der Waals surface area contributed by atoms with Crippen LogP contribution in [0.4, 0.5) is 0 Å². The van der Waals surface area contributed by atoms with Gasteiger partial charge in [0.2, 0.25) is 5.91 Å². The second kappa shape index (κ2) is 5.35. The van der Waals surface area contributed by atoms with Crippen LogP contribution in [0.1, 0.15) is 52.4 Å². The number of carbonyl (C=O) groups excluding carboxylic acids is 1. The minimum atomic E-state index is -1.03. The van der Waals surface area contributed by atoms with Crippen LogP contribution in [0.15, 0.2) is 11.8 Å². The van der Waals surface area contributed by atoms with Crippen LogP contribution in [0.3, 0.4) is 0 Å². The van der Waals surface area contributed by atoms with Crippen LogP contribution in [0.2, 0.25) is 0 Å². The maximum atomic E-state index is 12.0. The lowest BCUT2D eigenvalue weighted by Crippen LogP contribution is -2.30. The molecule has 1 atom stereocenters. The summed E-state index contributed by atoms with van der Waals surface area (Å²) in [5.74, 6) is -0.916. The fraction of sp³-hybridized carbons (Fsp3) is 0.733. The Morgan fingerprint density at radius 2 is 1.79 bits per heavy atom. The van der Waals surface area contributed by atoms with Crippen LogP contribution in [0.5, 0.6) is 0 Å². The van der Waals surface area contributed by atoms with Gasteiger partial charge in [0.15, 0.2) is 0 Å². The average molecular weight is 265 g/mol. The molecule has 19 heavy (non-hydrogen) atoms. The second-order valence-corrected chi connectivity index (χ2v) is 6.52. The van der Waals surface area contributed by atoms with Crippen molar-refractivity contribution in [3.8, 4) is 0 Å². The van der Waals surface area contributed by atoms with E-state index in [9.17, 15) is 14.7 Å². The third-order valence-electron chi connectivity index (χ3n) is 4.37. The molecule has 1 amide bonds. The number of nitrogens with one attached hydrogen (secondary N) is 1. The Morgan fingerprint density at radius 3 is 2.26 bits per heavy atom. The van der Waals surface area contributed by atoms with Crippen LogP contribution in [-0.2, 0) is 9.59 Å². The maximum absolute atomic E-state index is 12.0. The first-order chi connectivity index (χ1) is 8.90. The van der Waals surface area contributed by atoms with Gasteiger partial charge in [0, 0.05) is 5.92 Å². The lowest BCUT2D eigenvalue weighted by Gasteiger charge is -2.19. The van der Waals surface area contributed by atoms with E-state index >= 15 is 0 Å². The molecule has 2 aliphatic rings. The first-order valence-electron chi connectivity index (χ1n) is 7.16. The Balaban J connectivity index is 1.98. The Morgan fingerprint density at radius 1 is 1.21 bits per heavy atom. The minimum absolute atomic E-state index is 0.0263. The summed E-state index contributed by atoms with van der Waals surface area (Å²) < 4.78 is 0. The molecule has 4 nitrogen and oxygen atoms in total. The summed E-state index contributed by atoms with van der Waals surface area (Å²) in [6, 6.07) is 0. The molecule has 2 rings (SSSR count). The molecule has 1 unspecified atom stereocenters. The predicted molar refractivity (Wildman–Crippen MR) is 72.3 cm³/mol. The average Bonchev–Trinajstić information content (AvgIpc) is 2.99. The Bertz CT molecular complexity index is 406. The van der Waals surface area contributed by atoms with E-state index in [1.54, 1.807) is 6.08 Å². The van der Waals surface area contributed by atoms with Gasteiger partial charge in [-0.25, -0.2) is 4.79 Å². The van der Waals surface area contributed by atoms with Crippen molar-refractivity contribution in [2.45, 2.75) is 52.4 Å². The number of allylic oxidation sites excluding steroid dienone is 1. The van der Waals surface area contributed by atoms with E-state index in [-0.39, 0.29) is 22.9 Å². The van der Waals surface area contributed by atoms with Crippen LogP contribution in [0, 0.1) is 17.3 Å². The largest absolute Gasteiger partial charge is 0.477 e. The third kappa shape index (κ3) is 3.58. The molecular formula is C15H23NO3. The second-order valence-electron chi connectivity index (χ2n) is 6.52. The number of carbonyl (C=O) groups is 2. The highest BCUT2D eigenvalue weighted by atomic mass is 16.4. The summed E-state index contributed by atoms with van der Waals surface area (Å²) in [4.78, 5) is 23.2. The van der Waals surface area contributed by atoms with Gasteiger partial charge in [-0.1, -0.05) is 39.2 Å². The topological polar surface area (TPSA) is 66.4 Å². The van der Waals surface area contributed by atoms with Crippen molar-refractivity contribution in [2.24, 2.45) is 17.3 Å². The molecule has 106 valence electrons. The molecule has 2 saturated carbocycles. The number of aliphatic carboxylic acids is 1. The van der Waals surface area contributed by atoms with Crippen molar-refractivity contribution in [2.75, 3.05) is 0 Å². The highest BCUT2D eigenvalue weighted by molar-refractivity contribution is 5.94. The number of rotatable bonds is 4. The van der Waals surface area contributed by atoms with E-state index in [1.165, 1.54) is 6.42 Å². The van der Waals surface area contributed by atoms with Gasteiger partial charge in [-0.05, 0) is 30.6 Å². The summed E-state index contributed by atoms with van der Waals surface area (Å²) in [7, 11) is 0. The summed E-state index contributed by atoms with van der Waals surface area (Å²) >= 11 is 0. The fourth-order valence-corrected chi connectivity index (χ4v) is 2.84. The van der Waals surface area contributed by atoms with Gasteiger partial charge in [0.05, 0.1) is 0 Å².